The van der Waals surface area contributed by atoms with Crippen LogP contribution in [0.15, 0.2) is 41.6 Å². The van der Waals surface area contributed by atoms with Crippen molar-refractivity contribution >= 4 is 27.3 Å². The van der Waals surface area contributed by atoms with E-state index in [4.69, 9.17) is 10.9 Å². The average molecular weight is 295 g/mol. The largest absolute Gasteiger partial charge is 0.396 e. The molecule has 0 spiro atoms. The van der Waals surface area contributed by atoms with Gasteiger partial charge in [0.25, 0.3) is 0 Å². The number of anilines is 2. The molecule has 0 atom stereocenters. The molecule has 2 rings (SSSR count). The first-order chi connectivity index (χ1) is 9.36. The number of nitrogen functional groups attached to an aromatic ring is 1. The van der Waals surface area contributed by atoms with Crippen LogP contribution in [0.4, 0.5) is 11.4 Å². The van der Waals surface area contributed by atoms with E-state index in [2.05, 4.69) is 10.4 Å². The van der Waals surface area contributed by atoms with Crippen LogP contribution in [0.3, 0.4) is 0 Å². The lowest BCUT2D eigenvalue weighted by molar-refractivity contribution is -0.116. The van der Waals surface area contributed by atoms with E-state index in [0.717, 1.165) is 0 Å². The van der Waals surface area contributed by atoms with Crippen LogP contribution >= 0.6 is 0 Å². The summed E-state index contributed by atoms with van der Waals surface area (Å²) in [7, 11) is -3.90. The van der Waals surface area contributed by atoms with E-state index in [9.17, 15) is 13.2 Å². The van der Waals surface area contributed by atoms with Crippen LogP contribution in [-0.4, -0.2) is 24.1 Å². The summed E-state index contributed by atoms with van der Waals surface area (Å²) in [5, 5.41) is 11.4. The van der Waals surface area contributed by atoms with Crippen LogP contribution in [-0.2, 0) is 21.4 Å². The van der Waals surface area contributed by atoms with Crippen molar-refractivity contribution in [1.29, 1.82) is 0 Å². The number of hydrogen-bond donors (Lipinski definition) is 3. The second kappa shape index (κ2) is 5.31. The van der Waals surface area contributed by atoms with Gasteiger partial charge in [-0.2, -0.15) is 5.10 Å². The third kappa shape index (κ3) is 3.33. The number of amides is 1. The highest BCUT2D eigenvalue weighted by Gasteiger charge is 2.15. The first-order valence-corrected chi connectivity index (χ1v) is 7.10. The second-order valence-corrected chi connectivity index (χ2v) is 5.59. The predicted molar refractivity (Wildman–Crippen MR) is 73.1 cm³/mol. The number of rotatable bonds is 4. The Bertz CT molecular complexity index is 738. The van der Waals surface area contributed by atoms with E-state index < -0.39 is 15.9 Å². The highest BCUT2D eigenvalue weighted by molar-refractivity contribution is 7.89. The molecule has 0 aliphatic heterocycles. The van der Waals surface area contributed by atoms with Crippen LogP contribution < -0.4 is 16.2 Å². The number of carbonyl (C=O) groups excluding carboxylic acids is 1. The van der Waals surface area contributed by atoms with Crippen molar-refractivity contribution < 1.29 is 13.2 Å². The van der Waals surface area contributed by atoms with E-state index in [1.807, 2.05) is 0 Å². The predicted octanol–water partition coefficient (Wildman–Crippen LogP) is -0.249. The summed E-state index contributed by atoms with van der Waals surface area (Å²) in [6.45, 7) is -0.0871. The molecule has 9 heteroatoms. The number of primary sulfonamides is 1. The van der Waals surface area contributed by atoms with Crippen LogP contribution in [0, 0.1) is 0 Å². The van der Waals surface area contributed by atoms with E-state index >= 15 is 0 Å². The van der Waals surface area contributed by atoms with Gasteiger partial charge in [0.2, 0.25) is 15.9 Å². The normalized spacial score (nSPS) is 11.2. The van der Waals surface area contributed by atoms with E-state index in [1.165, 1.54) is 35.3 Å². The first kappa shape index (κ1) is 14.0. The summed E-state index contributed by atoms with van der Waals surface area (Å²) in [4.78, 5) is 11.7. The molecule has 1 heterocycles. The minimum Gasteiger partial charge on any atom is -0.396 e. The third-order valence-corrected chi connectivity index (χ3v) is 3.40. The summed E-state index contributed by atoms with van der Waals surface area (Å²) in [5.41, 5.74) is 6.04. The first-order valence-electron chi connectivity index (χ1n) is 5.56. The van der Waals surface area contributed by atoms with Gasteiger partial charge in [0.05, 0.1) is 17.6 Å². The number of para-hydroxylation sites is 1. The van der Waals surface area contributed by atoms with Crippen LogP contribution in [0.1, 0.15) is 0 Å². The van der Waals surface area contributed by atoms with Gasteiger partial charge in [-0.3, -0.25) is 9.48 Å². The van der Waals surface area contributed by atoms with Gasteiger partial charge in [0.1, 0.15) is 11.4 Å². The van der Waals surface area contributed by atoms with Gasteiger partial charge in [-0.15, -0.1) is 0 Å². The van der Waals surface area contributed by atoms with Crippen molar-refractivity contribution in [2.75, 3.05) is 11.1 Å². The highest BCUT2D eigenvalue weighted by atomic mass is 32.2. The topological polar surface area (TPSA) is 133 Å². The fraction of sp³-hybridized carbons (Fsp3) is 0.0909. The van der Waals surface area contributed by atoms with E-state index in [-0.39, 0.29) is 17.1 Å². The smallest absolute Gasteiger partial charge is 0.246 e. The molecule has 0 aliphatic rings. The molecule has 20 heavy (non-hydrogen) atoms. The van der Waals surface area contributed by atoms with Crippen molar-refractivity contribution in [3.8, 4) is 0 Å². The van der Waals surface area contributed by atoms with Gasteiger partial charge >= 0.3 is 0 Å². The van der Waals surface area contributed by atoms with Gasteiger partial charge in [0, 0.05) is 6.20 Å². The highest BCUT2D eigenvalue weighted by Crippen LogP contribution is 2.19. The van der Waals surface area contributed by atoms with Crippen LogP contribution in [0.2, 0.25) is 0 Å². The molecule has 106 valence electrons. The molecule has 1 aromatic carbocycles. The number of benzene rings is 1. The monoisotopic (exact) mass is 295 g/mol. The zero-order valence-corrected chi connectivity index (χ0v) is 11.2. The number of nitrogens with two attached hydrogens (primary N) is 2. The van der Waals surface area contributed by atoms with Crippen molar-refractivity contribution in [3.63, 3.8) is 0 Å². The molecule has 8 nitrogen and oxygen atoms in total. The Morgan fingerprint density at radius 3 is 2.65 bits per heavy atom. The Labute approximate surface area is 115 Å². The maximum Gasteiger partial charge on any atom is 0.246 e. The maximum atomic E-state index is 11.8. The molecule has 0 saturated heterocycles. The Morgan fingerprint density at radius 1 is 1.35 bits per heavy atom. The van der Waals surface area contributed by atoms with Crippen molar-refractivity contribution in [3.05, 3.63) is 36.7 Å². The number of aromatic nitrogens is 2. The summed E-state index contributed by atoms with van der Waals surface area (Å²) in [5.74, 6) is -0.441. The van der Waals surface area contributed by atoms with Gasteiger partial charge in [-0.05, 0) is 12.1 Å². The summed E-state index contributed by atoms with van der Waals surface area (Å²) in [6.07, 6.45) is 2.90. The second-order valence-electron chi connectivity index (χ2n) is 4.06. The fourth-order valence-electron chi connectivity index (χ4n) is 1.62. The molecule has 1 amide bonds. The Morgan fingerprint density at radius 2 is 2.05 bits per heavy atom. The molecule has 0 unspecified atom stereocenters. The molecule has 0 bridgehead atoms. The van der Waals surface area contributed by atoms with Crippen molar-refractivity contribution in [2.24, 2.45) is 5.14 Å². The SMILES string of the molecule is Nc1cnn(CC(=O)Nc2ccccc2S(N)(=O)=O)c1. The molecule has 5 N–H and O–H groups in total. The molecule has 1 aromatic heterocycles. The van der Waals surface area contributed by atoms with Gasteiger partial charge in [-0.1, -0.05) is 12.1 Å². The quantitative estimate of drug-likeness (QED) is 0.715. The maximum absolute atomic E-state index is 11.8. The standard InChI is InChI=1S/C11H13N5O3S/c12-8-5-14-16(6-8)7-11(17)15-9-3-1-2-4-10(9)20(13,18)19/h1-6H,7,12H2,(H,15,17)(H2,13,18,19). The zero-order valence-electron chi connectivity index (χ0n) is 10.4. The zero-order chi connectivity index (χ0) is 14.8. The lowest BCUT2D eigenvalue weighted by atomic mass is 10.3. The lowest BCUT2D eigenvalue weighted by Gasteiger charge is -2.09. The third-order valence-electron chi connectivity index (χ3n) is 2.43. The van der Waals surface area contributed by atoms with Gasteiger partial charge in [0.15, 0.2) is 0 Å². The lowest BCUT2D eigenvalue weighted by Crippen LogP contribution is -2.22. The minimum absolute atomic E-state index is 0.0871. The van der Waals surface area contributed by atoms with Gasteiger partial charge < -0.3 is 11.1 Å². The minimum atomic E-state index is -3.90. The molecular formula is C11H13N5O3S. The van der Waals surface area contributed by atoms with Crippen LogP contribution in [0.25, 0.3) is 0 Å². The Kier molecular flexibility index (Phi) is 3.72. The average Bonchev–Trinajstić information content (AvgIpc) is 2.73. The molecule has 0 aliphatic carbocycles. The molecule has 2 aromatic rings. The van der Waals surface area contributed by atoms with Crippen molar-refractivity contribution in [1.82, 2.24) is 9.78 Å². The number of sulfonamides is 1. The van der Waals surface area contributed by atoms with E-state index in [0.29, 0.717) is 5.69 Å². The number of nitrogens with zero attached hydrogens (tertiary/aromatic N) is 2. The fourth-order valence-corrected chi connectivity index (χ4v) is 2.31. The molecule has 0 fully saturated rings. The molecule has 0 radical (unpaired) electrons. The van der Waals surface area contributed by atoms with E-state index in [1.54, 1.807) is 6.07 Å². The molecular weight excluding hydrogens is 282 g/mol. The Hall–Kier alpha value is -2.39. The molecule has 0 saturated carbocycles. The number of nitrogens with one attached hydrogen (secondary N) is 1. The van der Waals surface area contributed by atoms with Crippen molar-refractivity contribution in [2.45, 2.75) is 11.4 Å². The number of hydrogen-bond acceptors (Lipinski definition) is 5. The van der Waals surface area contributed by atoms with Crippen LogP contribution in [0.5, 0.6) is 0 Å². The summed E-state index contributed by atoms with van der Waals surface area (Å²) < 4.78 is 24.1. The Balaban J connectivity index is 2.16. The number of carbonyl (C=O) groups is 1. The summed E-state index contributed by atoms with van der Waals surface area (Å²) in [6, 6.07) is 5.88. The van der Waals surface area contributed by atoms with Gasteiger partial charge in [-0.25, -0.2) is 13.6 Å². The summed E-state index contributed by atoms with van der Waals surface area (Å²) >= 11 is 0.